The molecule has 0 aliphatic carbocycles. The fourth-order valence-corrected chi connectivity index (χ4v) is 5.44. The quantitative estimate of drug-likeness (QED) is 0.0522. The number of hydrogen-bond acceptors (Lipinski definition) is 4. The number of aliphatic carboxylic acids is 4. The topological polar surface area (TPSA) is 149 Å². The zero-order valence-electron chi connectivity index (χ0n) is 30.2. The molecule has 0 amide bonds. The van der Waals surface area contributed by atoms with Crippen molar-refractivity contribution in [2.45, 2.75) is 207 Å². The molecule has 0 radical (unpaired) electrons. The molecule has 0 aliphatic heterocycles. The van der Waals surface area contributed by atoms with Crippen molar-refractivity contribution >= 4 is 23.9 Å². The summed E-state index contributed by atoms with van der Waals surface area (Å²) >= 11 is 0. The predicted octanol–water partition coefficient (Wildman–Crippen LogP) is 11.3. The Kier molecular flexibility index (Phi) is 30.2. The van der Waals surface area contributed by atoms with Gasteiger partial charge in [0.25, 0.3) is 0 Å². The molecule has 0 rings (SSSR count). The minimum Gasteiger partial charge on any atom is -0.481 e. The molecule has 0 saturated carbocycles. The molecule has 0 aromatic heterocycles. The van der Waals surface area contributed by atoms with E-state index in [0.29, 0.717) is 12.8 Å². The number of rotatable bonds is 32. The summed E-state index contributed by atoms with van der Waals surface area (Å²) in [5.74, 6) is -2.76. The molecule has 0 aromatic carbocycles. The van der Waals surface area contributed by atoms with Crippen LogP contribution in [0.4, 0.5) is 0 Å². The highest BCUT2D eigenvalue weighted by atomic mass is 16.4. The largest absolute Gasteiger partial charge is 0.481 e. The zero-order chi connectivity index (χ0) is 35.1. The summed E-state index contributed by atoms with van der Waals surface area (Å²) < 4.78 is 0. The first-order valence-electron chi connectivity index (χ1n) is 18.6. The lowest BCUT2D eigenvalue weighted by Crippen LogP contribution is -2.23. The molecule has 8 heteroatoms. The molecule has 8 nitrogen and oxygen atoms in total. The molecule has 0 fully saturated rings. The first-order valence-corrected chi connectivity index (χ1v) is 18.6. The minimum absolute atomic E-state index is 0.316. The first kappa shape index (κ1) is 46.0. The van der Waals surface area contributed by atoms with Crippen LogP contribution in [0.5, 0.6) is 0 Å². The summed E-state index contributed by atoms with van der Waals surface area (Å²) in [4.78, 5) is 42.7. The third-order valence-electron chi connectivity index (χ3n) is 9.04. The first-order chi connectivity index (χ1) is 21.7. The monoisotopic (exact) mass is 657 g/mol. The van der Waals surface area contributed by atoms with E-state index in [2.05, 4.69) is 0 Å². The van der Waals surface area contributed by atoms with E-state index in [1.807, 2.05) is 0 Å². The average molecular weight is 657 g/mol. The fourth-order valence-electron chi connectivity index (χ4n) is 5.44. The van der Waals surface area contributed by atoms with Crippen LogP contribution in [0.3, 0.4) is 0 Å². The minimum atomic E-state index is -0.700. The van der Waals surface area contributed by atoms with Gasteiger partial charge >= 0.3 is 23.9 Å². The lowest BCUT2D eigenvalue weighted by molar-refractivity contribution is -0.148. The van der Waals surface area contributed by atoms with Crippen LogP contribution in [-0.2, 0) is 19.2 Å². The van der Waals surface area contributed by atoms with Gasteiger partial charge < -0.3 is 20.4 Å². The van der Waals surface area contributed by atoms with Gasteiger partial charge in [0.2, 0.25) is 0 Å². The van der Waals surface area contributed by atoms with Crippen LogP contribution in [0.15, 0.2) is 0 Å². The van der Waals surface area contributed by atoms with Gasteiger partial charge in [-0.05, 0) is 53.4 Å². The van der Waals surface area contributed by atoms with E-state index in [0.717, 1.165) is 64.2 Å². The summed E-state index contributed by atoms with van der Waals surface area (Å²) in [6, 6.07) is 0. The average Bonchev–Trinajstić information content (AvgIpc) is 2.97. The van der Waals surface area contributed by atoms with E-state index in [9.17, 15) is 19.2 Å². The van der Waals surface area contributed by atoms with Gasteiger partial charge in [0.05, 0.1) is 10.8 Å². The molecule has 0 spiro atoms. The highest BCUT2D eigenvalue weighted by Gasteiger charge is 2.26. The van der Waals surface area contributed by atoms with Crippen molar-refractivity contribution in [2.75, 3.05) is 0 Å². The Bertz CT molecular complexity index is 711. The summed E-state index contributed by atoms with van der Waals surface area (Å²) in [7, 11) is 0. The maximum absolute atomic E-state index is 11.0. The van der Waals surface area contributed by atoms with Crippen LogP contribution in [0, 0.1) is 10.8 Å². The van der Waals surface area contributed by atoms with Crippen LogP contribution in [0.25, 0.3) is 0 Å². The molecule has 0 bridgehead atoms. The van der Waals surface area contributed by atoms with Gasteiger partial charge in [-0.2, -0.15) is 0 Å². The predicted molar refractivity (Wildman–Crippen MR) is 187 cm³/mol. The molecule has 0 unspecified atom stereocenters. The van der Waals surface area contributed by atoms with Crippen molar-refractivity contribution in [2.24, 2.45) is 10.8 Å². The van der Waals surface area contributed by atoms with E-state index in [1.54, 1.807) is 27.7 Å². The number of hydrogen-bond donors (Lipinski definition) is 4. The zero-order valence-corrected chi connectivity index (χ0v) is 30.2. The van der Waals surface area contributed by atoms with Crippen LogP contribution in [-0.4, -0.2) is 44.3 Å². The van der Waals surface area contributed by atoms with Gasteiger partial charge in [0.1, 0.15) is 0 Å². The lowest BCUT2D eigenvalue weighted by atomic mass is 9.87. The van der Waals surface area contributed by atoms with E-state index in [1.165, 1.54) is 103 Å². The molecule has 0 heterocycles. The van der Waals surface area contributed by atoms with Crippen LogP contribution in [0.2, 0.25) is 0 Å². The van der Waals surface area contributed by atoms with E-state index >= 15 is 0 Å². The van der Waals surface area contributed by atoms with Crippen molar-refractivity contribution in [3.63, 3.8) is 0 Å². The molecular weight excluding hydrogens is 584 g/mol. The van der Waals surface area contributed by atoms with Crippen LogP contribution < -0.4 is 0 Å². The van der Waals surface area contributed by atoms with Gasteiger partial charge in [0.15, 0.2) is 0 Å². The van der Waals surface area contributed by atoms with Crippen molar-refractivity contribution in [1.82, 2.24) is 0 Å². The fraction of sp³-hybridized carbons (Fsp3) is 0.895. The summed E-state index contributed by atoms with van der Waals surface area (Å²) in [5, 5.41) is 35.1. The Hall–Kier alpha value is -2.12. The molecule has 0 atom stereocenters. The number of unbranched alkanes of at least 4 members (excludes halogenated alkanes) is 22. The Balaban J connectivity index is 0. The summed E-state index contributed by atoms with van der Waals surface area (Å²) in [5.41, 5.74) is -1.18. The van der Waals surface area contributed by atoms with Gasteiger partial charge in [-0.3, -0.25) is 19.2 Å². The second-order valence-corrected chi connectivity index (χ2v) is 14.7. The van der Waals surface area contributed by atoms with Crippen molar-refractivity contribution in [3.05, 3.63) is 0 Å². The Morgan fingerprint density at radius 3 is 0.674 bits per heavy atom. The van der Waals surface area contributed by atoms with Gasteiger partial charge in [-0.1, -0.05) is 141 Å². The second-order valence-electron chi connectivity index (χ2n) is 14.7. The third-order valence-corrected chi connectivity index (χ3v) is 9.04. The molecule has 0 saturated heterocycles. The van der Waals surface area contributed by atoms with E-state index in [-0.39, 0.29) is 0 Å². The molecule has 46 heavy (non-hydrogen) atoms. The molecular formula is C38H72O8. The Labute approximate surface area is 281 Å². The summed E-state index contributed by atoms with van der Waals surface area (Å²) in [6.45, 7) is 7.19. The highest BCUT2D eigenvalue weighted by Crippen LogP contribution is 2.25. The maximum Gasteiger partial charge on any atom is 0.309 e. The Morgan fingerprint density at radius 2 is 0.500 bits per heavy atom. The molecule has 0 aromatic rings. The lowest BCUT2D eigenvalue weighted by Gasteiger charge is -2.18. The number of carboxylic acid groups (broad SMARTS) is 4. The normalized spacial score (nSPS) is 11.6. The van der Waals surface area contributed by atoms with Crippen molar-refractivity contribution in [3.8, 4) is 0 Å². The Morgan fingerprint density at radius 1 is 0.326 bits per heavy atom. The van der Waals surface area contributed by atoms with Gasteiger partial charge in [0, 0.05) is 12.8 Å². The van der Waals surface area contributed by atoms with Crippen molar-refractivity contribution < 1.29 is 39.6 Å². The maximum atomic E-state index is 11.0. The smallest absolute Gasteiger partial charge is 0.309 e. The third kappa shape index (κ3) is 33.2. The SMILES string of the molecule is CC(C)(CCCCCCCCCCCCC(C)(C)C(=O)O)C(=O)O.O=C(O)CCCCCCCCCCCCCCCCC(=O)O. The number of carbonyl (C=O) groups is 4. The number of carboxylic acids is 4. The van der Waals surface area contributed by atoms with Crippen LogP contribution in [0.1, 0.15) is 207 Å². The molecule has 4 N–H and O–H groups in total. The summed E-state index contributed by atoms with van der Waals surface area (Å²) in [6.07, 6.45) is 30.1. The highest BCUT2D eigenvalue weighted by molar-refractivity contribution is 5.73. The standard InChI is InChI=1S/C20H38O4.C18H34O4/c1-19(2,17(21)22)15-13-11-9-7-5-6-8-10-12-14-16-20(3,4)18(23)24;19-17(20)15-13-11-9-7-5-3-1-2-4-6-8-10-12-14-16-18(21)22/h5-16H2,1-4H3,(H,21,22)(H,23,24);1-16H2,(H,19,20)(H,21,22). The van der Waals surface area contributed by atoms with E-state index in [4.69, 9.17) is 20.4 Å². The van der Waals surface area contributed by atoms with Gasteiger partial charge in [-0.25, -0.2) is 0 Å². The van der Waals surface area contributed by atoms with Crippen LogP contribution >= 0.6 is 0 Å². The molecule has 272 valence electrons. The second kappa shape index (κ2) is 30.2. The van der Waals surface area contributed by atoms with E-state index < -0.39 is 34.7 Å². The van der Waals surface area contributed by atoms with Gasteiger partial charge in [-0.15, -0.1) is 0 Å². The van der Waals surface area contributed by atoms with Crippen molar-refractivity contribution in [1.29, 1.82) is 0 Å². The molecule has 0 aliphatic rings.